The van der Waals surface area contributed by atoms with Gasteiger partial charge >= 0.3 is 8.56 Å². The van der Waals surface area contributed by atoms with Gasteiger partial charge in [0, 0.05) is 19.8 Å². The van der Waals surface area contributed by atoms with Gasteiger partial charge < -0.3 is 18.7 Å². The zero-order valence-electron chi connectivity index (χ0n) is 12.4. The first kappa shape index (κ1) is 15.4. The molecule has 2 rings (SSSR count). The van der Waals surface area contributed by atoms with Gasteiger partial charge in [-0.05, 0) is 57.5 Å². The highest BCUT2D eigenvalue weighted by Crippen LogP contribution is 2.43. The molecule has 2 aliphatic rings. The highest BCUT2D eigenvalue weighted by Gasteiger charge is 2.47. The molecule has 1 aliphatic carbocycles. The third-order valence-electron chi connectivity index (χ3n) is 4.48. The molecule has 5 heteroatoms. The lowest BCUT2D eigenvalue weighted by Crippen LogP contribution is -2.43. The number of fused-ring (bicyclic) bond motifs is 1. The zero-order chi connectivity index (χ0) is 13.9. The second-order valence-electron chi connectivity index (χ2n) is 5.93. The summed E-state index contributed by atoms with van der Waals surface area (Å²) in [7, 11) is -2.13. The topological polar surface area (TPSA) is 51.2 Å². The van der Waals surface area contributed by atoms with Crippen LogP contribution in [0.25, 0.3) is 0 Å². The fourth-order valence-corrected chi connectivity index (χ4v) is 6.45. The molecule has 19 heavy (non-hydrogen) atoms. The molecular weight excluding hydrogens is 260 g/mol. The van der Waals surface area contributed by atoms with Gasteiger partial charge in [-0.15, -0.1) is 0 Å². The van der Waals surface area contributed by atoms with Gasteiger partial charge in [0.2, 0.25) is 0 Å². The standard InChI is InChI=1S/C14H28O4Si/c1-4-16-19(3,17-5-2)10-12(9-15)11-6-7-13-14(8-11)18-13/h11-15H,4-10H2,1-3H3. The summed E-state index contributed by atoms with van der Waals surface area (Å²) < 4.78 is 17.4. The summed E-state index contributed by atoms with van der Waals surface area (Å²) in [6.07, 6.45) is 4.44. The Morgan fingerprint density at radius 1 is 1.21 bits per heavy atom. The largest absolute Gasteiger partial charge is 0.396 e. The van der Waals surface area contributed by atoms with Crippen molar-refractivity contribution in [1.82, 2.24) is 0 Å². The van der Waals surface area contributed by atoms with Gasteiger partial charge in [-0.3, -0.25) is 0 Å². The van der Waals surface area contributed by atoms with Crippen LogP contribution in [0.15, 0.2) is 0 Å². The summed E-state index contributed by atoms with van der Waals surface area (Å²) in [4.78, 5) is 0. The van der Waals surface area contributed by atoms with Crippen molar-refractivity contribution in [2.24, 2.45) is 11.8 Å². The lowest BCUT2D eigenvalue weighted by Gasteiger charge is -2.34. The van der Waals surface area contributed by atoms with Crippen LogP contribution < -0.4 is 0 Å². The second-order valence-corrected chi connectivity index (χ2v) is 9.19. The Kier molecular flexibility index (Phi) is 5.43. The summed E-state index contributed by atoms with van der Waals surface area (Å²) in [5.74, 6) is 0.876. The third kappa shape index (κ3) is 4.01. The summed E-state index contributed by atoms with van der Waals surface area (Å²) >= 11 is 0. The van der Waals surface area contributed by atoms with E-state index in [1.807, 2.05) is 13.8 Å². The maximum atomic E-state index is 9.75. The van der Waals surface area contributed by atoms with E-state index in [0.717, 1.165) is 18.9 Å². The predicted octanol–water partition coefficient (Wildman–Crippen LogP) is 2.31. The van der Waals surface area contributed by atoms with Gasteiger partial charge in [0.25, 0.3) is 0 Å². The monoisotopic (exact) mass is 288 g/mol. The van der Waals surface area contributed by atoms with E-state index in [2.05, 4.69) is 6.55 Å². The third-order valence-corrected chi connectivity index (χ3v) is 7.54. The maximum absolute atomic E-state index is 9.75. The smallest absolute Gasteiger partial charge is 0.335 e. The Labute approximate surface area is 117 Å². The Morgan fingerprint density at radius 2 is 1.89 bits per heavy atom. The maximum Gasteiger partial charge on any atom is 0.335 e. The van der Waals surface area contributed by atoms with Crippen LogP contribution in [0.2, 0.25) is 12.6 Å². The average Bonchev–Trinajstić information content (AvgIpc) is 3.14. The molecule has 1 saturated heterocycles. The molecule has 1 aliphatic heterocycles. The first-order valence-electron chi connectivity index (χ1n) is 7.66. The number of rotatable bonds is 8. The minimum Gasteiger partial charge on any atom is -0.396 e. The van der Waals surface area contributed by atoms with Gasteiger partial charge in [0.05, 0.1) is 12.2 Å². The SMILES string of the molecule is CCO[Si](C)(CC(CO)C1CCC2OC2C1)OCC. The molecule has 4 atom stereocenters. The van der Waals surface area contributed by atoms with Crippen molar-refractivity contribution in [3.63, 3.8) is 0 Å². The molecular formula is C14H28O4Si. The van der Waals surface area contributed by atoms with E-state index in [1.54, 1.807) is 0 Å². The van der Waals surface area contributed by atoms with Crippen molar-refractivity contribution in [2.75, 3.05) is 19.8 Å². The van der Waals surface area contributed by atoms with E-state index in [0.29, 0.717) is 37.3 Å². The zero-order valence-corrected chi connectivity index (χ0v) is 13.4. The molecule has 0 amide bonds. The number of aliphatic hydroxyl groups excluding tert-OH is 1. The quantitative estimate of drug-likeness (QED) is 0.550. The number of ether oxygens (including phenoxy) is 1. The second kappa shape index (κ2) is 6.67. The van der Waals surface area contributed by atoms with Gasteiger partial charge in [0.1, 0.15) is 0 Å². The molecule has 0 aromatic rings. The van der Waals surface area contributed by atoms with Crippen molar-refractivity contribution < 1.29 is 18.7 Å². The molecule has 0 spiro atoms. The molecule has 0 aromatic carbocycles. The van der Waals surface area contributed by atoms with Gasteiger partial charge in [-0.25, -0.2) is 0 Å². The van der Waals surface area contributed by atoms with Crippen LogP contribution in [0.1, 0.15) is 33.1 Å². The van der Waals surface area contributed by atoms with Crippen LogP contribution in [0.5, 0.6) is 0 Å². The molecule has 4 unspecified atom stereocenters. The first-order valence-corrected chi connectivity index (χ1v) is 10.2. The Bertz CT molecular complexity index is 281. The van der Waals surface area contributed by atoms with Crippen LogP contribution in [0.4, 0.5) is 0 Å². The fourth-order valence-electron chi connectivity index (χ4n) is 3.49. The van der Waals surface area contributed by atoms with E-state index in [-0.39, 0.29) is 6.61 Å². The van der Waals surface area contributed by atoms with E-state index >= 15 is 0 Å². The summed E-state index contributed by atoms with van der Waals surface area (Å²) in [5, 5.41) is 9.75. The van der Waals surface area contributed by atoms with Crippen molar-refractivity contribution >= 4 is 8.56 Å². The van der Waals surface area contributed by atoms with Crippen molar-refractivity contribution in [3.8, 4) is 0 Å². The predicted molar refractivity (Wildman–Crippen MR) is 76.3 cm³/mol. The molecule has 4 nitrogen and oxygen atoms in total. The van der Waals surface area contributed by atoms with Gasteiger partial charge in [0.15, 0.2) is 0 Å². The minimum atomic E-state index is -2.13. The summed E-state index contributed by atoms with van der Waals surface area (Å²) in [6.45, 7) is 7.79. The van der Waals surface area contributed by atoms with Gasteiger partial charge in [-0.1, -0.05) is 0 Å². The lowest BCUT2D eigenvalue weighted by molar-refractivity contribution is 0.136. The van der Waals surface area contributed by atoms with Crippen LogP contribution in [0, 0.1) is 11.8 Å². The average molecular weight is 288 g/mol. The highest BCUT2D eigenvalue weighted by atomic mass is 28.4. The van der Waals surface area contributed by atoms with E-state index in [9.17, 15) is 5.11 Å². The molecule has 1 N–H and O–H groups in total. The number of aliphatic hydroxyl groups is 1. The summed E-state index contributed by atoms with van der Waals surface area (Å²) in [5.41, 5.74) is 0. The molecule has 1 saturated carbocycles. The molecule has 112 valence electrons. The summed E-state index contributed by atoms with van der Waals surface area (Å²) in [6, 6.07) is 0.896. The van der Waals surface area contributed by atoms with Crippen molar-refractivity contribution in [2.45, 2.75) is 57.9 Å². The number of hydrogen-bond donors (Lipinski definition) is 1. The molecule has 2 fully saturated rings. The van der Waals surface area contributed by atoms with Crippen LogP contribution in [-0.2, 0) is 13.6 Å². The van der Waals surface area contributed by atoms with E-state index in [4.69, 9.17) is 13.6 Å². The fraction of sp³-hybridized carbons (Fsp3) is 1.00. The molecule has 0 aromatic heterocycles. The van der Waals surface area contributed by atoms with Crippen molar-refractivity contribution in [3.05, 3.63) is 0 Å². The van der Waals surface area contributed by atoms with E-state index < -0.39 is 8.56 Å². The Morgan fingerprint density at radius 3 is 2.42 bits per heavy atom. The normalized spacial score (nSPS) is 31.9. The minimum absolute atomic E-state index is 0.241. The number of epoxide rings is 1. The van der Waals surface area contributed by atoms with Crippen LogP contribution in [0.3, 0.4) is 0 Å². The molecule has 0 bridgehead atoms. The lowest BCUT2D eigenvalue weighted by atomic mass is 9.81. The molecule has 1 heterocycles. The van der Waals surface area contributed by atoms with Crippen molar-refractivity contribution in [1.29, 1.82) is 0 Å². The Balaban J connectivity index is 1.91. The van der Waals surface area contributed by atoms with Crippen LogP contribution >= 0.6 is 0 Å². The highest BCUT2D eigenvalue weighted by molar-refractivity contribution is 6.66. The first-order chi connectivity index (χ1) is 9.11. The van der Waals surface area contributed by atoms with E-state index in [1.165, 1.54) is 6.42 Å². The Hall–Kier alpha value is 0.0569. The van der Waals surface area contributed by atoms with Gasteiger partial charge in [-0.2, -0.15) is 0 Å². The van der Waals surface area contributed by atoms with Crippen LogP contribution in [-0.4, -0.2) is 45.7 Å². The molecule has 0 radical (unpaired) electrons. The number of hydrogen-bond acceptors (Lipinski definition) is 4.